The second-order valence-electron chi connectivity index (χ2n) is 3.11. The molecule has 1 aliphatic heterocycles. The molecule has 0 aromatic rings. The third-order valence-electron chi connectivity index (χ3n) is 2.28. The van der Waals surface area contributed by atoms with Gasteiger partial charge in [0.1, 0.15) is 18.3 Å². The lowest BCUT2D eigenvalue weighted by atomic mass is 10.1. The second kappa shape index (κ2) is 4.72. The van der Waals surface area contributed by atoms with Crippen LogP contribution in [0.15, 0.2) is 12.7 Å². The van der Waals surface area contributed by atoms with Crippen molar-refractivity contribution in [2.45, 2.75) is 30.8 Å². The molecule has 1 rings (SSSR count). The maximum atomic E-state index is 9.60. The van der Waals surface area contributed by atoms with E-state index in [1.165, 1.54) is 7.11 Å². The van der Waals surface area contributed by atoms with Crippen LogP contribution in [-0.2, 0) is 9.47 Å². The minimum atomic E-state index is -0.750. The molecule has 0 aliphatic carbocycles. The van der Waals surface area contributed by atoms with Crippen LogP contribution in [0.2, 0.25) is 0 Å². The van der Waals surface area contributed by atoms with Crippen molar-refractivity contribution in [2.24, 2.45) is 0 Å². The molecule has 1 aliphatic rings. The first-order valence-electron chi connectivity index (χ1n) is 4.32. The molecule has 1 saturated heterocycles. The van der Waals surface area contributed by atoms with E-state index in [1.54, 1.807) is 6.08 Å². The normalized spacial score (nSPS) is 39.3. The van der Waals surface area contributed by atoms with Gasteiger partial charge in [0, 0.05) is 7.11 Å². The Labute approximate surface area is 77.8 Å². The van der Waals surface area contributed by atoms with Crippen molar-refractivity contribution in [1.29, 1.82) is 0 Å². The molecule has 4 unspecified atom stereocenters. The van der Waals surface area contributed by atoms with E-state index in [-0.39, 0.29) is 18.8 Å². The first-order chi connectivity index (χ1) is 6.24. The van der Waals surface area contributed by atoms with Crippen LogP contribution in [0, 0.1) is 0 Å². The van der Waals surface area contributed by atoms with E-state index >= 15 is 0 Å². The summed E-state index contributed by atoms with van der Waals surface area (Å²) < 4.78 is 10.5. The standard InChI is InChI=1S/C9H16O4/c1-3-4-6-9(12-2)8(11)7(5-10)13-6/h3,6-11H,1,4-5H2,2H3. The van der Waals surface area contributed by atoms with Gasteiger partial charge in [-0.2, -0.15) is 0 Å². The Morgan fingerprint density at radius 2 is 2.23 bits per heavy atom. The van der Waals surface area contributed by atoms with Crippen molar-refractivity contribution in [2.75, 3.05) is 13.7 Å². The molecule has 0 aromatic heterocycles. The summed E-state index contributed by atoms with van der Waals surface area (Å²) in [6, 6.07) is 0. The number of ether oxygens (including phenoxy) is 2. The van der Waals surface area contributed by atoms with Crippen LogP contribution in [0.3, 0.4) is 0 Å². The molecule has 4 nitrogen and oxygen atoms in total. The van der Waals surface area contributed by atoms with Gasteiger partial charge >= 0.3 is 0 Å². The van der Waals surface area contributed by atoms with E-state index in [0.29, 0.717) is 6.42 Å². The van der Waals surface area contributed by atoms with Gasteiger partial charge in [-0.1, -0.05) is 6.08 Å². The summed E-state index contributed by atoms with van der Waals surface area (Å²) in [7, 11) is 1.52. The highest BCUT2D eigenvalue weighted by molar-refractivity contribution is 4.94. The van der Waals surface area contributed by atoms with E-state index in [1.807, 2.05) is 0 Å². The Bertz CT molecular complexity index is 171. The lowest BCUT2D eigenvalue weighted by Gasteiger charge is -2.16. The maximum Gasteiger partial charge on any atom is 0.112 e. The highest BCUT2D eigenvalue weighted by Crippen LogP contribution is 2.25. The molecule has 0 bridgehead atoms. The zero-order valence-corrected chi connectivity index (χ0v) is 7.72. The molecule has 4 atom stereocenters. The van der Waals surface area contributed by atoms with Gasteiger partial charge in [0.15, 0.2) is 0 Å². The van der Waals surface area contributed by atoms with Crippen molar-refractivity contribution < 1.29 is 19.7 Å². The van der Waals surface area contributed by atoms with Crippen LogP contribution < -0.4 is 0 Å². The summed E-state index contributed by atoms with van der Waals surface area (Å²) in [6.07, 6.45) is 0.481. The predicted octanol–water partition coefficient (Wildman–Crippen LogP) is -0.302. The molecule has 0 spiro atoms. The first kappa shape index (κ1) is 10.7. The molecule has 1 heterocycles. The Morgan fingerprint density at radius 1 is 1.54 bits per heavy atom. The van der Waals surface area contributed by atoms with Crippen molar-refractivity contribution >= 4 is 0 Å². The molecule has 76 valence electrons. The van der Waals surface area contributed by atoms with Crippen molar-refractivity contribution in [3.63, 3.8) is 0 Å². The van der Waals surface area contributed by atoms with Gasteiger partial charge in [-0.25, -0.2) is 0 Å². The first-order valence-corrected chi connectivity index (χ1v) is 4.32. The van der Waals surface area contributed by atoms with E-state index < -0.39 is 12.2 Å². The van der Waals surface area contributed by atoms with Crippen LogP contribution in [-0.4, -0.2) is 48.3 Å². The molecule has 13 heavy (non-hydrogen) atoms. The third kappa shape index (κ3) is 2.08. The third-order valence-corrected chi connectivity index (χ3v) is 2.28. The van der Waals surface area contributed by atoms with Gasteiger partial charge in [-0.3, -0.25) is 0 Å². The lowest BCUT2D eigenvalue weighted by Crippen LogP contribution is -2.35. The smallest absolute Gasteiger partial charge is 0.112 e. The Balaban J connectivity index is 2.60. The zero-order valence-electron chi connectivity index (χ0n) is 7.72. The Morgan fingerprint density at radius 3 is 2.69 bits per heavy atom. The fourth-order valence-corrected chi connectivity index (χ4v) is 1.61. The molecule has 4 heteroatoms. The number of methoxy groups -OCH3 is 1. The topological polar surface area (TPSA) is 58.9 Å². The van der Waals surface area contributed by atoms with Gasteiger partial charge in [0.25, 0.3) is 0 Å². The molecule has 0 amide bonds. The lowest BCUT2D eigenvalue weighted by molar-refractivity contribution is -0.0210. The average Bonchev–Trinajstić information content (AvgIpc) is 2.43. The maximum absolute atomic E-state index is 9.60. The van der Waals surface area contributed by atoms with Crippen LogP contribution in [0.5, 0.6) is 0 Å². The summed E-state index contributed by atoms with van der Waals surface area (Å²) in [6.45, 7) is 3.40. The van der Waals surface area contributed by atoms with Gasteiger partial charge < -0.3 is 19.7 Å². The van der Waals surface area contributed by atoms with E-state index in [4.69, 9.17) is 14.6 Å². The largest absolute Gasteiger partial charge is 0.394 e. The van der Waals surface area contributed by atoms with Crippen LogP contribution in [0.25, 0.3) is 0 Å². The minimum Gasteiger partial charge on any atom is -0.394 e. The van der Waals surface area contributed by atoms with Crippen molar-refractivity contribution in [3.05, 3.63) is 12.7 Å². The number of hydrogen-bond donors (Lipinski definition) is 2. The molecular weight excluding hydrogens is 172 g/mol. The monoisotopic (exact) mass is 188 g/mol. The summed E-state index contributed by atoms with van der Waals surface area (Å²) in [5.41, 5.74) is 0. The summed E-state index contributed by atoms with van der Waals surface area (Å²) >= 11 is 0. The van der Waals surface area contributed by atoms with Gasteiger partial charge in [-0.05, 0) is 6.42 Å². The summed E-state index contributed by atoms with van der Waals surface area (Å²) in [4.78, 5) is 0. The molecule has 0 aromatic carbocycles. The predicted molar refractivity (Wildman–Crippen MR) is 47.4 cm³/mol. The molecular formula is C9H16O4. The van der Waals surface area contributed by atoms with Gasteiger partial charge in [0.2, 0.25) is 0 Å². The highest BCUT2D eigenvalue weighted by atomic mass is 16.6. The Hall–Kier alpha value is -0.420. The molecule has 2 N–H and O–H groups in total. The van der Waals surface area contributed by atoms with E-state index in [9.17, 15) is 5.11 Å². The highest BCUT2D eigenvalue weighted by Gasteiger charge is 2.42. The van der Waals surface area contributed by atoms with Crippen LogP contribution in [0.4, 0.5) is 0 Å². The zero-order chi connectivity index (χ0) is 9.84. The SMILES string of the molecule is C=CCC1OC(CO)C(O)C1OC. The summed E-state index contributed by atoms with van der Waals surface area (Å²) in [5, 5.41) is 18.5. The van der Waals surface area contributed by atoms with E-state index in [0.717, 1.165) is 0 Å². The second-order valence-corrected chi connectivity index (χ2v) is 3.11. The van der Waals surface area contributed by atoms with Gasteiger partial charge in [-0.15, -0.1) is 6.58 Å². The molecule has 0 radical (unpaired) electrons. The number of rotatable bonds is 4. The van der Waals surface area contributed by atoms with Crippen molar-refractivity contribution in [1.82, 2.24) is 0 Å². The van der Waals surface area contributed by atoms with Crippen molar-refractivity contribution in [3.8, 4) is 0 Å². The van der Waals surface area contributed by atoms with E-state index in [2.05, 4.69) is 6.58 Å². The molecule has 1 fully saturated rings. The Kier molecular flexibility index (Phi) is 3.87. The van der Waals surface area contributed by atoms with Crippen LogP contribution in [0.1, 0.15) is 6.42 Å². The van der Waals surface area contributed by atoms with Gasteiger partial charge in [0.05, 0.1) is 12.7 Å². The quantitative estimate of drug-likeness (QED) is 0.595. The number of aliphatic hydroxyl groups is 2. The number of aliphatic hydroxyl groups excluding tert-OH is 2. The summed E-state index contributed by atoms with van der Waals surface area (Å²) in [5.74, 6) is 0. The minimum absolute atomic E-state index is 0.186. The fraction of sp³-hybridized carbons (Fsp3) is 0.778. The molecule has 0 saturated carbocycles. The number of hydrogen-bond acceptors (Lipinski definition) is 4. The van der Waals surface area contributed by atoms with Crippen LogP contribution >= 0.6 is 0 Å². The fourth-order valence-electron chi connectivity index (χ4n) is 1.61. The average molecular weight is 188 g/mol.